The van der Waals surface area contributed by atoms with Gasteiger partial charge in [-0.2, -0.15) is 0 Å². The number of halogens is 1. The zero-order valence-electron chi connectivity index (χ0n) is 18.0. The van der Waals surface area contributed by atoms with E-state index in [0.29, 0.717) is 13.1 Å². The fourth-order valence-electron chi connectivity index (χ4n) is 5.58. The lowest BCUT2D eigenvalue weighted by molar-refractivity contribution is -0.142. The number of nitrogens with zero attached hydrogens (tertiary/aromatic N) is 2. The summed E-state index contributed by atoms with van der Waals surface area (Å²) in [5.74, 6) is -1.68. The highest BCUT2D eigenvalue weighted by Gasteiger charge is 2.54. The van der Waals surface area contributed by atoms with E-state index in [1.165, 1.54) is 36.4 Å². The third-order valence-corrected chi connectivity index (χ3v) is 7.47. The molecule has 5 nitrogen and oxygen atoms in total. The summed E-state index contributed by atoms with van der Waals surface area (Å²) < 4.78 is 14.7. The van der Waals surface area contributed by atoms with E-state index in [1.54, 1.807) is 11.0 Å². The van der Waals surface area contributed by atoms with Gasteiger partial charge in [0.05, 0.1) is 5.41 Å². The molecule has 6 heteroatoms. The smallest absolute Gasteiger partial charge is 0.240 e. The van der Waals surface area contributed by atoms with Crippen LogP contribution in [0.3, 0.4) is 0 Å². The van der Waals surface area contributed by atoms with Gasteiger partial charge in [-0.1, -0.05) is 54.6 Å². The van der Waals surface area contributed by atoms with Crippen LogP contribution in [-0.2, 0) is 25.2 Å². The van der Waals surface area contributed by atoms with Crippen LogP contribution in [0, 0.1) is 5.82 Å². The lowest BCUT2D eigenvalue weighted by atomic mass is 9.73. The van der Waals surface area contributed by atoms with Crippen LogP contribution < -0.4 is 0 Å². The minimum atomic E-state index is -1.48. The van der Waals surface area contributed by atoms with Crippen LogP contribution in [0.2, 0.25) is 0 Å². The Morgan fingerprint density at radius 3 is 2.31 bits per heavy atom. The lowest BCUT2D eigenvalue weighted by Crippen LogP contribution is -2.47. The molecule has 164 valence electrons. The Bertz CT molecular complexity index is 1150. The number of piperidine rings is 1. The molecule has 2 heterocycles. The van der Waals surface area contributed by atoms with E-state index < -0.39 is 23.0 Å². The van der Waals surface area contributed by atoms with E-state index in [0.717, 1.165) is 17.7 Å². The van der Waals surface area contributed by atoms with Gasteiger partial charge in [0.15, 0.2) is 0 Å². The maximum Gasteiger partial charge on any atom is 0.240 e. The maximum atomic E-state index is 14.7. The summed E-state index contributed by atoms with van der Waals surface area (Å²) in [5.41, 5.74) is 1.10. The molecule has 2 aliphatic heterocycles. The summed E-state index contributed by atoms with van der Waals surface area (Å²) in [6, 6.07) is 14.3. The van der Waals surface area contributed by atoms with Crippen LogP contribution in [0.5, 0.6) is 0 Å². The van der Waals surface area contributed by atoms with Crippen molar-refractivity contribution in [3.63, 3.8) is 0 Å². The predicted octanol–water partition coefficient (Wildman–Crippen LogP) is 3.43. The molecule has 2 aromatic carbocycles. The van der Waals surface area contributed by atoms with Gasteiger partial charge in [-0.15, -0.1) is 0 Å². The van der Waals surface area contributed by atoms with Crippen LogP contribution in [-0.4, -0.2) is 47.7 Å². The highest BCUT2D eigenvalue weighted by Crippen LogP contribution is 2.45. The molecule has 0 unspecified atom stereocenters. The number of benzene rings is 2. The second kappa shape index (κ2) is 7.40. The Morgan fingerprint density at radius 1 is 1.00 bits per heavy atom. The van der Waals surface area contributed by atoms with E-state index in [2.05, 4.69) is 24.3 Å². The van der Waals surface area contributed by atoms with Crippen molar-refractivity contribution in [1.29, 1.82) is 0 Å². The first-order chi connectivity index (χ1) is 15.4. The SMILES string of the molecule is CN1C(=O)C[C@@](CC(=O)N2CCC3(C=Cc4ccccc43)CC2)(c2ccccc2F)C1=O. The molecule has 2 saturated heterocycles. The van der Waals surface area contributed by atoms with E-state index in [4.69, 9.17) is 0 Å². The van der Waals surface area contributed by atoms with Gasteiger partial charge in [0, 0.05) is 44.0 Å². The van der Waals surface area contributed by atoms with Gasteiger partial charge in [0.25, 0.3) is 0 Å². The predicted molar refractivity (Wildman–Crippen MR) is 118 cm³/mol. The average molecular weight is 432 g/mol. The number of allylic oxidation sites excluding steroid dienone is 1. The molecular weight excluding hydrogens is 407 g/mol. The summed E-state index contributed by atoms with van der Waals surface area (Å²) in [5, 5.41) is 0. The molecule has 2 fully saturated rings. The number of likely N-dealkylation sites (tertiary alicyclic amines) is 2. The number of hydrogen-bond acceptors (Lipinski definition) is 3. The van der Waals surface area contributed by atoms with Crippen molar-refractivity contribution in [2.75, 3.05) is 20.1 Å². The second-order valence-corrected chi connectivity index (χ2v) is 9.13. The van der Waals surface area contributed by atoms with Gasteiger partial charge in [0.2, 0.25) is 17.7 Å². The topological polar surface area (TPSA) is 57.7 Å². The Labute approximate surface area is 186 Å². The van der Waals surface area contributed by atoms with Crippen molar-refractivity contribution in [2.45, 2.75) is 36.5 Å². The van der Waals surface area contributed by atoms with E-state index in [9.17, 15) is 18.8 Å². The monoisotopic (exact) mass is 432 g/mol. The molecular formula is C26H25FN2O3. The van der Waals surface area contributed by atoms with Crippen molar-refractivity contribution < 1.29 is 18.8 Å². The van der Waals surface area contributed by atoms with Gasteiger partial charge >= 0.3 is 0 Å². The summed E-state index contributed by atoms with van der Waals surface area (Å²) >= 11 is 0. The zero-order chi connectivity index (χ0) is 22.5. The van der Waals surface area contributed by atoms with Gasteiger partial charge in [-0.05, 0) is 30.0 Å². The molecule has 32 heavy (non-hydrogen) atoms. The number of amides is 3. The molecule has 3 aliphatic rings. The van der Waals surface area contributed by atoms with Gasteiger partial charge in [0.1, 0.15) is 5.82 Å². The van der Waals surface area contributed by atoms with Crippen LogP contribution in [0.25, 0.3) is 6.08 Å². The van der Waals surface area contributed by atoms with Crippen LogP contribution in [0.4, 0.5) is 4.39 Å². The Morgan fingerprint density at radius 2 is 1.66 bits per heavy atom. The van der Waals surface area contributed by atoms with E-state index in [1.807, 2.05) is 12.1 Å². The molecule has 0 N–H and O–H groups in total. The number of likely N-dealkylation sites (N-methyl/N-ethyl adjacent to an activating group) is 1. The van der Waals surface area contributed by atoms with Crippen molar-refractivity contribution in [2.24, 2.45) is 0 Å². The van der Waals surface area contributed by atoms with Crippen molar-refractivity contribution in [1.82, 2.24) is 9.80 Å². The van der Waals surface area contributed by atoms with Gasteiger partial charge < -0.3 is 4.90 Å². The molecule has 0 bridgehead atoms. The number of rotatable bonds is 3. The molecule has 1 atom stereocenters. The van der Waals surface area contributed by atoms with Crippen LogP contribution in [0.15, 0.2) is 54.6 Å². The summed E-state index contributed by atoms with van der Waals surface area (Å²) in [4.78, 5) is 41.6. The van der Waals surface area contributed by atoms with E-state index in [-0.39, 0.29) is 29.7 Å². The molecule has 2 aromatic rings. The lowest BCUT2D eigenvalue weighted by Gasteiger charge is -2.40. The standard InChI is InChI=1S/C26H25FN2O3/c1-28-22(30)16-26(24(28)32,20-8-4-5-9-21(20)27)17-23(31)29-14-12-25(13-15-29)11-10-18-6-2-3-7-19(18)25/h2-11H,12-17H2,1H3/t26-/m1/s1. The molecule has 0 aromatic heterocycles. The maximum absolute atomic E-state index is 14.7. The minimum absolute atomic E-state index is 0.0596. The third kappa shape index (κ3) is 3.00. The van der Waals surface area contributed by atoms with Crippen LogP contribution >= 0.6 is 0 Å². The average Bonchev–Trinajstić information content (AvgIpc) is 3.26. The Balaban J connectivity index is 1.38. The first-order valence-electron chi connectivity index (χ1n) is 11.0. The highest BCUT2D eigenvalue weighted by molar-refractivity contribution is 6.10. The Kier molecular flexibility index (Phi) is 4.77. The van der Waals surface area contributed by atoms with Crippen LogP contribution in [0.1, 0.15) is 42.4 Å². The Hall–Kier alpha value is -3.28. The minimum Gasteiger partial charge on any atom is -0.343 e. The summed E-state index contributed by atoms with van der Waals surface area (Å²) in [6.07, 6.45) is 5.59. The quantitative estimate of drug-likeness (QED) is 0.699. The van der Waals surface area contributed by atoms with Crippen molar-refractivity contribution >= 4 is 23.8 Å². The zero-order valence-corrected chi connectivity index (χ0v) is 18.0. The highest BCUT2D eigenvalue weighted by atomic mass is 19.1. The third-order valence-electron chi connectivity index (χ3n) is 7.47. The first-order valence-corrected chi connectivity index (χ1v) is 11.0. The molecule has 3 amide bonds. The number of imide groups is 1. The first kappa shape index (κ1) is 20.6. The summed E-state index contributed by atoms with van der Waals surface area (Å²) in [7, 11) is 1.40. The van der Waals surface area contributed by atoms with E-state index >= 15 is 0 Å². The fraction of sp³-hybridized carbons (Fsp3) is 0.346. The fourth-order valence-corrected chi connectivity index (χ4v) is 5.58. The molecule has 1 spiro atoms. The second-order valence-electron chi connectivity index (χ2n) is 9.13. The number of hydrogen-bond donors (Lipinski definition) is 0. The number of carbonyl (C=O) groups is 3. The molecule has 0 radical (unpaired) electrons. The number of carbonyl (C=O) groups excluding carboxylic acids is 3. The number of fused-ring (bicyclic) bond motifs is 2. The van der Waals surface area contributed by atoms with Gasteiger partial charge in [-0.3, -0.25) is 19.3 Å². The molecule has 5 rings (SSSR count). The normalized spacial score (nSPS) is 23.8. The molecule has 0 saturated carbocycles. The van der Waals surface area contributed by atoms with Gasteiger partial charge in [-0.25, -0.2) is 4.39 Å². The van der Waals surface area contributed by atoms with Crippen molar-refractivity contribution in [3.05, 3.63) is 77.1 Å². The summed E-state index contributed by atoms with van der Waals surface area (Å²) in [6.45, 7) is 1.12. The largest absolute Gasteiger partial charge is 0.343 e. The van der Waals surface area contributed by atoms with Crippen molar-refractivity contribution in [3.8, 4) is 0 Å². The molecule has 1 aliphatic carbocycles.